The molecule has 9 heteroatoms. The monoisotopic (exact) mass is 486 g/mol. The molecule has 7 nitrogen and oxygen atoms in total. The number of rotatable bonds is 7. The zero-order chi connectivity index (χ0) is 23.4. The number of carbonyl (C=O) groups is 1. The third kappa shape index (κ3) is 4.91. The Kier molecular flexibility index (Phi) is 6.76. The molecule has 0 radical (unpaired) electrons. The van der Waals surface area contributed by atoms with Gasteiger partial charge in [-0.05, 0) is 42.8 Å². The minimum absolute atomic E-state index is 0.0722. The molecule has 0 bridgehead atoms. The number of hydrogen-bond acceptors (Lipinski definition) is 5. The van der Waals surface area contributed by atoms with Crippen molar-refractivity contribution in [3.05, 3.63) is 83.4 Å². The summed E-state index contributed by atoms with van der Waals surface area (Å²) in [5, 5.41) is 3.08. The number of benzene rings is 3. The number of amides is 1. The molecule has 0 saturated heterocycles. The topological polar surface area (TPSA) is 84.9 Å². The minimum atomic E-state index is -4.12. The van der Waals surface area contributed by atoms with Gasteiger partial charge in [0.05, 0.1) is 18.8 Å². The molecule has 1 aliphatic heterocycles. The van der Waals surface area contributed by atoms with Crippen molar-refractivity contribution >= 4 is 33.2 Å². The molecule has 1 atom stereocenters. The molecule has 33 heavy (non-hydrogen) atoms. The van der Waals surface area contributed by atoms with Crippen LogP contribution in [-0.4, -0.2) is 33.6 Å². The molecule has 1 aliphatic rings. The second-order valence-electron chi connectivity index (χ2n) is 7.34. The number of ether oxygens (including phenoxy) is 2. The van der Waals surface area contributed by atoms with Crippen molar-refractivity contribution in [2.24, 2.45) is 0 Å². The Morgan fingerprint density at radius 2 is 1.85 bits per heavy atom. The van der Waals surface area contributed by atoms with Gasteiger partial charge in [-0.15, -0.1) is 0 Å². The highest BCUT2D eigenvalue weighted by Gasteiger charge is 2.38. The van der Waals surface area contributed by atoms with Crippen molar-refractivity contribution in [1.82, 2.24) is 5.32 Å². The van der Waals surface area contributed by atoms with Gasteiger partial charge < -0.3 is 14.8 Å². The normalized spacial score (nSPS) is 15.3. The van der Waals surface area contributed by atoms with Crippen molar-refractivity contribution in [2.75, 3.05) is 17.5 Å². The zero-order valence-corrected chi connectivity index (χ0v) is 19.5. The fourth-order valence-corrected chi connectivity index (χ4v) is 5.41. The first-order valence-electron chi connectivity index (χ1n) is 10.4. The Balaban J connectivity index is 1.66. The van der Waals surface area contributed by atoms with Crippen LogP contribution in [0.5, 0.6) is 11.5 Å². The van der Waals surface area contributed by atoms with Crippen molar-refractivity contribution in [1.29, 1.82) is 0 Å². The first-order valence-corrected chi connectivity index (χ1v) is 12.2. The molecule has 0 spiro atoms. The molecule has 0 aromatic heterocycles. The van der Waals surface area contributed by atoms with E-state index in [-0.39, 0.29) is 28.8 Å². The summed E-state index contributed by atoms with van der Waals surface area (Å²) in [5.74, 6) is 0.0767. The van der Waals surface area contributed by atoms with Gasteiger partial charge in [-0.2, -0.15) is 0 Å². The molecule has 172 valence electrons. The quantitative estimate of drug-likeness (QED) is 0.545. The summed E-state index contributed by atoms with van der Waals surface area (Å²) in [4.78, 5) is 12.8. The minimum Gasteiger partial charge on any atom is -0.492 e. The summed E-state index contributed by atoms with van der Waals surface area (Å²) in [7, 11) is -4.12. The van der Waals surface area contributed by atoms with E-state index in [0.29, 0.717) is 18.0 Å². The molecule has 1 amide bonds. The summed E-state index contributed by atoms with van der Waals surface area (Å²) >= 11 is 6.11. The number of sulfonamides is 1. The lowest BCUT2D eigenvalue weighted by Crippen LogP contribution is -2.50. The van der Waals surface area contributed by atoms with Crippen LogP contribution in [0, 0.1) is 0 Å². The number of halogens is 1. The SMILES string of the molecule is CCOc1ccc(Cl)cc1S(=O)(=O)N1CC(C(=O)NCc2ccccc2)Oc2ccccc21. The number of fused-ring (bicyclic) bond motifs is 1. The summed E-state index contributed by atoms with van der Waals surface area (Å²) in [6, 6.07) is 20.6. The maximum atomic E-state index is 13.7. The van der Waals surface area contributed by atoms with Gasteiger partial charge in [0.1, 0.15) is 16.4 Å². The number of nitrogens with one attached hydrogen (secondary N) is 1. The van der Waals surface area contributed by atoms with E-state index >= 15 is 0 Å². The first-order chi connectivity index (χ1) is 15.9. The van der Waals surface area contributed by atoms with Crippen LogP contribution in [0.2, 0.25) is 5.02 Å². The lowest BCUT2D eigenvalue weighted by atomic mass is 10.2. The zero-order valence-electron chi connectivity index (χ0n) is 17.9. The van der Waals surface area contributed by atoms with E-state index in [9.17, 15) is 13.2 Å². The van der Waals surface area contributed by atoms with E-state index < -0.39 is 22.0 Å². The first kappa shape index (κ1) is 22.9. The average molecular weight is 487 g/mol. The van der Waals surface area contributed by atoms with Crippen LogP contribution in [0.15, 0.2) is 77.7 Å². The maximum Gasteiger partial charge on any atom is 0.268 e. The lowest BCUT2D eigenvalue weighted by Gasteiger charge is -2.35. The van der Waals surface area contributed by atoms with E-state index in [0.717, 1.165) is 5.56 Å². The van der Waals surface area contributed by atoms with Crippen LogP contribution in [0.25, 0.3) is 0 Å². The third-order valence-electron chi connectivity index (χ3n) is 5.11. The second-order valence-corrected chi connectivity index (χ2v) is 9.60. The Hall–Kier alpha value is -3.23. The standard InChI is InChI=1S/C24H23ClN2O5S/c1-2-31-21-13-12-18(25)14-23(21)33(29,30)27-16-22(32-20-11-7-6-10-19(20)27)24(28)26-15-17-8-4-3-5-9-17/h3-14,22H,2,15-16H2,1H3,(H,26,28). The van der Waals surface area contributed by atoms with Crippen LogP contribution in [0.3, 0.4) is 0 Å². The van der Waals surface area contributed by atoms with Gasteiger partial charge in [0.2, 0.25) is 0 Å². The molecule has 1 unspecified atom stereocenters. The van der Waals surface area contributed by atoms with Gasteiger partial charge in [-0.1, -0.05) is 54.1 Å². The fourth-order valence-electron chi connectivity index (χ4n) is 3.54. The molecule has 0 saturated carbocycles. The largest absolute Gasteiger partial charge is 0.492 e. The van der Waals surface area contributed by atoms with Gasteiger partial charge in [0, 0.05) is 11.6 Å². The van der Waals surface area contributed by atoms with E-state index in [1.165, 1.54) is 16.4 Å². The third-order valence-corrected chi connectivity index (χ3v) is 7.15. The number of carbonyl (C=O) groups excluding carboxylic acids is 1. The Labute approximate surface area is 197 Å². The molecule has 0 aliphatic carbocycles. The van der Waals surface area contributed by atoms with Crippen LogP contribution in [-0.2, 0) is 21.4 Å². The summed E-state index contributed by atoms with van der Waals surface area (Å²) < 4.78 is 40.1. The second kappa shape index (κ2) is 9.72. The van der Waals surface area contributed by atoms with Crippen molar-refractivity contribution in [3.63, 3.8) is 0 Å². The number of hydrogen-bond donors (Lipinski definition) is 1. The van der Waals surface area contributed by atoms with Gasteiger partial charge in [-0.3, -0.25) is 9.10 Å². The Bertz CT molecular complexity index is 1250. The lowest BCUT2D eigenvalue weighted by molar-refractivity contribution is -0.127. The molecule has 1 heterocycles. The smallest absolute Gasteiger partial charge is 0.268 e. The fraction of sp³-hybridized carbons (Fsp3) is 0.208. The molecule has 4 rings (SSSR count). The highest BCUT2D eigenvalue weighted by Crippen LogP contribution is 2.39. The van der Waals surface area contributed by atoms with Crippen LogP contribution >= 0.6 is 11.6 Å². The van der Waals surface area contributed by atoms with Crippen LogP contribution in [0.1, 0.15) is 12.5 Å². The predicted octanol–water partition coefficient (Wildman–Crippen LogP) is 4.01. The van der Waals surface area contributed by atoms with E-state index in [1.807, 2.05) is 30.3 Å². The predicted molar refractivity (Wildman–Crippen MR) is 126 cm³/mol. The molecular weight excluding hydrogens is 464 g/mol. The van der Waals surface area contributed by atoms with E-state index in [4.69, 9.17) is 21.1 Å². The van der Waals surface area contributed by atoms with Crippen LogP contribution in [0.4, 0.5) is 5.69 Å². The summed E-state index contributed by atoms with van der Waals surface area (Å²) in [6.45, 7) is 2.16. The molecular formula is C24H23ClN2O5S. The van der Waals surface area contributed by atoms with Crippen molar-refractivity contribution in [2.45, 2.75) is 24.5 Å². The molecule has 3 aromatic carbocycles. The highest BCUT2D eigenvalue weighted by atomic mass is 35.5. The number of nitrogens with zero attached hydrogens (tertiary/aromatic N) is 1. The summed E-state index contributed by atoms with van der Waals surface area (Å²) in [6.07, 6.45) is -1.03. The van der Waals surface area contributed by atoms with E-state index in [1.54, 1.807) is 37.3 Å². The molecule has 0 fully saturated rings. The number of anilines is 1. The van der Waals surface area contributed by atoms with E-state index in [2.05, 4.69) is 5.32 Å². The van der Waals surface area contributed by atoms with Crippen molar-refractivity contribution in [3.8, 4) is 11.5 Å². The van der Waals surface area contributed by atoms with Gasteiger partial charge in [0.15, 0.2) is 6.10 Å². The van der Waals surface area contributed by atoms with Gasteiger partial charge >= 0.3 is 0 Å². The summed E-state index contributed by atoms with van der Waals surface area (Å²) in [5.41, 5.74) is 1.26. The van der Waals surface area contributed by atoms with Crippen LogP contribution < -0.4 is 19.1 Å². The van der Waals surface area contributed by atoms with Gasteiger partial charge in [-0.25, -0.2) is 8.42 Å². The number of para-hydroxylation sites is 2. The maximum absolute atomic E-state index is 13.7. The highest BCUT2D eigenvalue weighted by molar-refractivity contribution is 7.93. The van der Waals surface area contributed by atoms with Gasteiger partial charge in [0.25, 0.3) is 15.9 Å². The average Bonchev–Trinajstić information content (AvgIpc) is 2.83. The molecule has 3 aromatic rings. The Morgan fingerprint density at radius 1 is 1.12 bits per heavy atom. The molecule has 1 N–H and O–H groups in total. The Morgan fingerprint density at radius 3 is 2.61 bits per heavy atom. The van der Waals surface area contributed by atoms with Crippen molar-refractivity contribution < 1.29 is 22.7 Å².